The molecule has 148 valence electrons. The van der Waals surface area contributed by atoms with Crippen molar-refractivity contribution in [2.24, 2.45) is 0 Å². The second-order valence-corrected chi connectivity index (χ2v) is 6.13. The summed E-state index contributed by atoms with van der Waals surface area (Å²) in [6.07, 6.45) is 9.37. The van der Waals surface area contributed by atoms with Gasteiger partial charge in [-0.25, -0.2) is 9.59 Å². The normalized spacial score (nSPS) is 11.1. The zero-order chi connectivity index (χ0) is 20.8. The maximum Gasteiger partial charge on any atom is 0.340 e. The molecule has 0 saturated heterocycles. The summed E-state index contributed by atoms with van der Waals surface area (Å²) >= 11 is 0. The minimum Gasteiger partial charge on any atom is -0.458 e. The van der Waals surface area contributed by atoms with Crippen molar-refractivity contribution in [1.82, 2.24) is 19.9 Å². The van der Waals surface area contributed by atoms with Gasteiger partial charge in [-0.05, 0) is 36.4 Å². The standard InChI is InChI=1S/C22H16N4O4/c27-21(15-5-3-7-17-19(15)25-11-9-23-17)29-13-1-2-14-30-22(28)16-6-4-8-18-20(16)26-12-10-24-18/h1-12H,13-14H2/b2-1+. The van der Waals surface area contributed by atoms with Gasteiger partial charge in [-0.3, -0.25) is 19.9 Å². The maximum atomic E-state index is 12.3. The van der Waals surface area contributed by atoms with Crippen LogP contribution in [0.5, 0.6) is 0 Å². The Labute approximate surface area is 171 Å². The van der Waals surface area contributed by atoms with E-state index >= 15 is 0 Å². The van der Waals surface area contributed by atoms with Crippen LogP contribution in [0, 0.1) is 0 Å². The van der Waals surface area contributed by atoms with Gasteiger partial charge in [0.15, 0.2) is 0 Å². The van der Waals surface area contributed by atoms with Crippen LogP contribution in [0.25, 0.3) is 22.1 Å². The van der Waals surface area contributed by atoms with Crippen LogP contribution in [-0.4, -0.2) is 45.1 Å². The van der Waals surface area contributed by atoms with Crippen LogP contribution in [-0.2, 0) is 9.47 Å². The Morgan fingerprint density at radius 1 is 0.667 bits per heavy atom. The minimum absolute atomic E-state index is 0.0345. The van der Waals surface area contributed by atoms with E-state index in [1.807, 2.05) is 0 Å². The molecule has 0 atom stereocenters. The highest BCUT2D eigenvalue weighted by molar-refractivity contribution is 6.02. The van der Waals surface area contributed by atoms with Crippen molar-refractivity contribution in [3.8, 4) is 0 Å². The Kier molecular flexibility index (Phi) is 5.66. The number of esters is 2. The molecule has 0 aliphatic rings. The highest BCUT2D eigenvalue weighted by atomic mass is 16.5. The Bertz CT molecular complexity index is 1150. The van der Waals surface area contributed by atoms with Gasteiger partial charge in [0, 0.05) is 24.8 Å². The molecule has 2 aromatic carbocycles. The number of hydrogen-bond acceptors (Lipinski definition) is 8. The summed E-state index contributed by atoms with van der Waals surface area (Å²) in [5, 5.41) is 0. The molecular formula is C22H16N4O4. The van der Waals surface area contributed by atoms with E-state index in [1.54, 1.807) is 60.9 Å². The fourth-order valence-electron chi connectivity index (χ4n) is 2.85. The summed E-state index contributed by atoms with van der Waals surface area (Å²) < 4.78 is 10.5. The highest BCUT2D eigenvalue weighted by Gasteiger charge is 2.13. The summed E-state index contributed by atoms with van der Waals surface area (Å²) in [4.78, 5) is 41.3. The molecule has 4 aromatic rings. The number of hydrogen-bond donors (Lipinski definition) is 0. The van der Waals surface area contributed by atoms with E-state index in [2.05, 4.69) is 19.9 Å². The van der Waals surface area contributed by atoms with Crippen LogP contribution in [0.4, 0.5) is 0 Å². The van der Waals surface area contributed by atoms with E-state index < -0.39 is 11.9 Å². The van der Waals surface area contributed by atoms with Crippen molar-refractivity contribution in [2.75, 3.05) is 13.2 Å². The lowest BCUT2D eigenvalue weighted by atomic mass is 10.2. The van der Waals surface area contributed by atoms with E-state index in [9.17, 15) is 9.59 Å². The second kappa shape index (κ2) is 8.87. The van der Waals surface area contributed by atoms with Crippen LogP contribution < -0.4 is 0 Å². The second-order valence-electron chi connectivity index (χ2n) is 6.13. The third-order valence-corrected chi connectivity index (χ3v) is 4.23. The van der Waals surface area contributed by atoms with Crippen molar-refractivity contribution < 1.29 is 19.1 Å². The van der Waals surface area contributed by atoms with Crippen molar-refractivity contribution in [3.63, 3.8) is 0 Å². The zero-order valence-corrected chi connectivity index (χ0v) is 15.8. The number of rotatable bonds is 6. The first-order valence-electron chi connectivity index (χ1n) is 9.13. The average molecular weight is 400 g/mol. The molecule has 0 N–H and O–H groups in total. The molecule has 0 unspecified atom stereocenters. The van der Waals surface area contributed by atoms with Crippen LogP contribution in [0.2, 0.25) is 0 Å². The molecule has 2 heterocycles. The first-order chi connectivity index (χ1) is 14.7. The number of fused-ring (bicyclic) bond motifs is 2. The van der Waals surface area contributed by atoms with Gasteiger partial charge in [0.2, 0.25) is 0 Å². The molecule has 0 amide bonds. The number of aromatic nitrogens is 4. The fraction of sp³-hybridized carbons (Fsp3) is 0.0909. The van der Waals surface area contributed by atoms with Gasteiger partial charge in [0.1, 0.15) is 24.2 Å². The average Bonchev–Trinajstić information content (AvgIpc) is 2.80. The van der Waals surface area contributed by atoms with Gasteiger partial charge in [-0.15, -0.1) is 0 Å². The predicted molar refractivity (Wildman–Crippen MR) is 109 cm³/mol. The summed E-state index contributed by atoms with van der Waals surface area (Å²) in [5.41, 5.74) is 2.90. The molecule has 0 fully saturated rings. The van der Waals surface area contributed by atoms with Crippen molar-refractivity contribution in [1.29, 1.82) is 0 Å². The molecule has 8 nitrogen and oxygen atoms in total. The van der Waals surface area contributed by atoms with Crippen molar-refractivity contribution >= 4 is 34.0 Å². The van der Waals surface area contributed by atoms with Crippen molar-refractivity contribution in [2.45, 2.75) is 0 Å². The van der Waals surface area contributed by atoms with Gasteiger partial charge in [0.05, 0.1) is 22.2 Å². The highest BCUT2D eigenvalue weighted by Crippen LogP contribution is 2.16. The third-order valence-electron chi connectivity index (χ3n) is 4.23. The molecule has 0 aliphatic heterocycles. The molecule has 4 rings (SSSR count). The van der Waals surface area contributed by atoms with Crippen LogP contribution >= 0.6 is 0 Å². The lowest BCUT2D eigenvalue weighted by Crippen LogP contribution is -2.08. The van der Waals surface area contributed by atoms with E-state index in [1.165, 1.54) is 12.4 Å². The summed E-state index contributed by atoms with van der Waals surface area (Å²) in [6, 6.07) is 10.3. The Morgan fingerprint density at radius 2 is 1.10 bits per heavy atom. The molecule has 0 bridgehead atoms. The molecular weight excluding hydrogens is 384 g/mol. The Hall–Kier alpha value is -4.20. The lowest BCUT2D eigenvalue weighted by molar-refractivity contribution is 0.0529. The summed E-state index contributed by atoms with van der Waals surface area (Å²) in [5.74, 6) is -1.01. The van der Waals surface area contributed by atoms with Crippen LogP contribution in [0.3, 0.4) is 0 Å². The Morgan fingerprint density at radius 3 is 1.57 bits per heavy atom. The van der Waals surface area contributed by atoms with Gasteiger partial charge < -0.3 is 9.47 Å². The number of nitrogens with zero attached hydrogens (tertiary/aromatic N) is 4. The van der Waals surface area contributed by atoms with E-state index in [4.69, 9.17) is 9.47 Å². The van der Waals surface area contributed by atoms with Crippen LogP contribution in [0.1, 0.15) is 20.7 Å². The number of carbonyl (C=O) groups excluding carboxylic acids is 2. The van der Waals surface area contributed by atoms with Gasteiger partial charge >= 0.3 is 11.9 Å². The summed E-state index contributed by atoms with van der Waals surface area (Å²) in [7, 11) is 0. The molecule has 0 aliphatic carbocycles. The minimum atomic E-state index is -0.503. The summed E-state index contributed by atoms with van der Waals surface area (Å²) in [6.45, 7) is 0.0690. The monoisotopic (exact) mass is 400 g/mol. The van der Waals surface area contributed by atoms with E-state index in [0.29, 0.717) is 33.2 Å². The van der Waals surface area contributed by atoms with E-state index in [-0.39, 0.29) is 13.2 Å². The molecule has 0 radical (unpaired) electrons. The number of carbonyl (C=O) groups is 2. The number of benzene rings is 2. The largest absolute Gasteiger partial charge is 0.458 e. The maximum absolute atomic E-state index is 12.3. The Balaban J connectivity index is 1.30. The lowest BCUT2D eigenvalue weighted by Gasteiger charge is -2.05. The number of ether oxygens (including phenoxy) is 2. The first-order valence-corrected chi connectivity index (χ1v) is 9.13. The van der Waals surface area contributed by atoms with Crippen molar-refractivity contribution in [3.05, 3.63) is 84.5 Å². The number of para-hydroxylation sites is 2. The molecule has 8 heteroatoms. The predicted octanol–water partition coefficient (Wildman–Crippen LogP) is 3.14. The topological polar surface area (TPSA) is 104 Å². The molecule has 0 saturated carbocycles. The zero-order valence-electron chi connectivity index (χ0n) is 15.8. The van der Waals surface area contributed by atoms with Gasteiger partial charge in [0.25, 0.3) is 0 Å². The third kappa shape index (κ3) is 4.12. The van der Waals surface area contributed by atoms with Gasteiger partial charge in [-0.1, -0.05) is 12.1 Å². The van der Waals surface area contributed by atoms with Crippen LogP contribution in [0.15, 0.2) is 73.3 Å². The molecule has 30 heavy (non-hydrogen) atoms. The SMILES string of the molecule is O=C(OC/C=C/COC(=O)c1cccc2nccnc12)c1cccc2nccnc12. The smallest absolute Gasteiger partial charge is 0.340 e. The van der Waals surface area contributed by atoms with E-state index in [0.717, 1.165) is 0 Å². The van der Waals surface area contributed by atoms with Gasteiger partial charge in [-0.2, -0.15) is 0 Å². The first kappa shape index (κ1) is 19.1. The fourth-order valence-corrected chi connectivity index (χ4v) is 2.85. The molecule has 2 aromatic heterocycles. The quantitative estimate of drug-likeness (QED) is 0.359. The molecule has 0 spiro atoms.